The van der Waals surface area contributed by atoms with E-state index in [9.17, 15) is 4.79 Å². The summed E-state index contributed by atoms with van der Waals surface area (Å²) < 4.78 is 1.74. The minimum absolute atomic E-state index is 0.124. The molecule has 3 N–H and O–H groups in total. The lowest BCUT2D eigenvalue weighted by molar-refractivity contribution is 0.0698. The summed E-state index contributed by atoms with van der Waals surface area (Å²) >= 11 is 1.41. The monoisotopic (exact) mass is 263 g/mol. The van der Waals surface area contributed by atoms with Gasteiger partial charge in [0.15, 0.2) is 0 Å². The molecule has 0 aliphatic carbocycles. The molecule has 94 valence electrons. The van der Waals surface area contributed by atoms with Crippen LogP contribution in [0.2, 0.25) is 0 Å². The maximum atomic E-state index is 11.0. The van der Waals surface area contributed by atoms with Crippen LogP contribution in [0.25, 0.3) is 0 Å². The number of carbonyl (C=O) groups is 1. The largest absolute Gasteiger partial charge is 0.478 e. The Hall–Kier alpha value is -1.95. The Morgan fingerprint density at radius 3 is 2.78 bits per heavy atom. The molecule has 0 aliphatic heterocycles. The van der Waals surface area contributed by atoms with Crippen LogP contribution in [0.5, 0.6) is 0 Å². The van der Waals surface area contributed by atoms with Gasteiger partial charge in [-0.25, -0.2) is 4.79 Å². The van der Waals surface area contributed by atoms with E-state index in [0.29, 0.717) is 0 Å². The molecular formula is C12H13N3O2S. The number of carboxylic acids is 1. The van der Waals surface area contributed by atoms with Crippen LogP contribution < -0.4 is 5.73 Å². The van der Waals surface area contributed by atoms with Crippen molar-refractivity contribution < 1.29 is 9.90 Å². The van der Waals surface area contributed by atoms with E-state index in [-0.39, 0.29) is 11.3 Å². The highest BCUT2D eigenvalue weighted by molar-refractivity contribution is 7.99. The maximum absolute atomic E-state index is 11.0. The number of carboxylic acid groups (broad SMARTS) is 1. The number of aryl methyl sites for hydroxylation is 2. The molecule has 0 saturated heterocycles. The number of hydrogen-bond donors (Lipinski definition) is 2. The minimum Gasteiger partial charge on any atom is -0.478 e. The van der Waals surface area contributed by atoms with Crippen LogP contribution in [0.1, 0.15) is 16.1 Å². The van der Waals surface area contributed by atoms with Crippen LogP contribution in [0.15, 0.2) is 34.2 Å². The first-order valence-electron chi connectivity index (χ1n) is 5.29. The molecule has 0 radical (unpaired) electrons. The molecule has 0 unspecified atom stereocenters. The highest BCUT2D eigenvalue weighted by Crippen LogP contribution is 2.33. The van der Waals surface area contributed by atoms with E-state index in [1.165, 1.54) is 17.8 Å². The topological polar surface area (TPSA) is 81.1 Å². The van der Waals surface area contributed by atoms with Gasteiger partial charge in [0.05, 0.1) is 22.0 Å². The first-order chi connectivity index (χ1) is 8.49. The maximum Gasteiger partial charge on any atom is 0.337 e. The third-order valence-electron chi connectivity index (χ3n) is 2.47. The van der Waals surface area contributed by atoms with Crippen molar-refractivity contribution in [2.45, 2.75) is 16.8 Å². The van der Waals surface area contributed by atoms with E-state index in [0.717, 1.165) is 15.6 Å². The lowest BCUT2D eigenvalue weighted by Crippen LogP contribution is -2.03. The van der Waals surface area contributed by atoms with E-state index in [1.54, 1.807) is 16.8 Å². The third-order valence-corrected chi connectivity index (χ3v) is 3.64. The summed E-state index contributed by atoms with van der Waals surface area (Å²) in [7, 11) is 1.84. The molecule has 0 saturated carbocycles. The van der Waals surface area contributed by atoms with Crippen LogP contribution in [0, 0.1) is 6.92 Å². The molecule has 18 heavy (non-hydrogen) atoms. The van der Waals surface area contributed by atoms with Gasteiger partial charge in [0.25, 0.3) is 0 Å². The molecule has 0 spiro atoms. The summed E-state index contributed by atoms with van der Waals surface area (Å²) in [6, 6.07) is 6.91. The highest BCUT2D eigenvalue weighted by Gasteiger charge is 2.13. The third kappa shape index (κ3) is 2.33. The fourth-order valence-corrected chi connectivity index (χ4v) is 2.61. The van der Waals surface area contributed by atoms with Gasteiger partial charge in [0.2, 0.25) is 0 Å². The number of anilines is 1. The summed E-state index contributed by atoms with van der Waals surface area (Å²) in [6.45, 7) is 1.90. The number of rotatable bonds is 3. The van der Waals surface area contributed by atoms with Gasteiger partial charge >= 0.3 is 5.97 Å². The summed E-state index contributed by atoms with van der Waals surface area (Å²) in [5, 5.41) is 14.2. The number of aromatic carboxylic acids is 1. The van der Waals surface area contributed by atoms with Gasteiger partial charge in [-0.3, -0.25) is 4.68 Å². The van der Waals surface area contributed by atoms with Crippen LogP contribution >= 0.6 is 11.8 Å². The molecule has 0 atom stereocenters. The lowest BCUT2D eigenvalue weighted by atomic mass is 10.2. The highest BCUT2D eigenvalue weighted by atomic mass is 32.2. The summed E-state index contributed by atoms with van der Waals surface area (Å²) in [5.74, 6) is -1.02. The smallest absolute Gasteiger partial charge is 0.337 e. The van der Waals surface area contributed by atoms with Crippen molar-refractivity contribution in [1.82, 2.24) is 9.78 Å². The molecule has 5 nitrogen and oxygen atoms in total. The van der Waals surface area contributed by atoms with Crippen LogP contribution in [-0.4, -0.2) is 20.9 Å². The molecular weight excluding hydrogens is 250 g/mol. The Morgan fingerprint density at radius 1 is 1.50 bits per heavy atom. The zero-order valence-corrected chi connectivity index (χ0v) is 10.9. The van der Waals surface area contributed by atoms with Gasteiger partial charge in [-0.15, -0.1) is 0 Å². The van der Waals surface area contributed by atoms with Gasteiger partial charge in [-0.2, -0.15) is 5.10 Å². The van der Waals surface area contributed by atoms with Gasteiger partial charge < -0.3 is 10.8 Å². The Labute approximate surface area is 109 Å². The van der Waals surface area contributed by atoms with E-state index in [2.05, 4.69) is 5.10 Å². The van der Waals surface area contributed by atoms with Crippen LogP contribution in [0.3, 0.4) is 0 Å². The molecule has 0 amide bonds. The van der Waals surface area contributed by atoms with Crippen molar-refractivity contribution in [2.24, 2.45) is 7.05 Å². The number of aromatic nitrogens is 2. The second-order valence-corrected chi connectivity index (χ2v) is 4.93. The van der Waals surface area contributed by atoms with Crippen molar-refractivity contribution in [2.75, 3.05) is 5.73 Å². The lowest BCUT2D eigenvalue weighted by Gasteiger charge is -2.07. The van der Waals surface area contributed by atoms with Gasteiger partial charge in [0.1, 0.15) is 0 Å². The molecule has 0 aliphatic rings. The van der Waals surface area contributed by atoms with E-state index >= 15 is 0 Å². The number of hydrogen-bond acceptors (Lipinski definition) is 4. The molecule has 2 aromatic rings. The predicted molar refractivity (Wildman–Crippen MR) is 69.9 cm³/mol. The normalized spacial score (nSPS) is 10.6. The van der Waals surface area contributed by atoms with Crippen LogP contribution in [-0.2, 0) is 7.05 Å². The fourth-order valence-electron chi connectivity index (χ4n) is 1.61. The molecule has 1 heterocycles. The zero-order valence-electron chi connectivity index (χ0n) is 10.0. The van der Waals surface area contributed by atoms with E-state index < -0.39 is 5.97 Å². The van der Waals surface area contributed by atoms with Gasteiger partial charge in [-0.05, 0) is 25.1 Å². The minimum atomic E-state index is -1.02. The zero-order chi connectivity index (χ0) is 13.3. The predicted octanol–water partition coefficient (Wildman–Crippen LogP) is 2.16. The average Bonchev–Trinajstić information content (AvgIpc) is 2.60. The summed E-state index contributed by atoms with van der Waals surface area (Å²) in [6.07, 6.45) is 0. The quantitative estimate of drug-likeness (QED) is 0.829. The number of benzene rings is 1. The Balaban J connectivity index is 2.38. The molecule has 0 fully saturated rings. The van der Waals surface area contributed by atoms with Gasteiger partial charge in [-0.1, -0.05) is 17.8 Å². The Kier molecular flexibility index (Phi) is 3.29. The Morgan fingerprint density at radius 2 is 2.22 bits per heavy atom. The second-order valence-electron chi connectivity index (χ2n) is 3.87. The number of para-hydroxylation sites is 1. The van der Waals surface area contributed by atoms with Gasteiger partial charge in [0, 0.05) is 11.9 Å². The summed E-state index contributed by atoms with van der Waals surface area (Å²) in [4.78, 5) is 11.7. The SMILES string of the molecule is Cc1cc(Sc2cccc(C(=O)O)c2N)n(C)n1. The second kappa shape index (κ2) is 4.73. The Bertz CT molecular complexity index is 607. The standard InChI is InChI=1S/C12H13N3O2S/c1-7-6-10(15(2)14-7)18-9-5-3-4-8(11(9)13)12(16)17/h3-6H,13H2,1-2H3,(H,16,17). The first kappa shape index (κ1) is 12.5. The van der Waals surface area contributed by atoms with Crippen molar-refractivity contribution >= 4 is 23.4 Å². The van der Waals surface area contributed by atoms with E-state index in [4.69, 9.17) is 10.8 Å². The fraction of sp³-hybridized carbons (Fsp3) is 0.167. The van der Waals surface area contributed by atoms with Crippen molar-refractivity contribution in [3.8, 4) is 0 Å². The average molecular weight is 263 g/mol. The molecule has 1 aromatic carbocycles. The first-order valence-corrected chi connectivity index (χ1v) is 6.11. The summed E-state index contributed by atoms with van der Waals surface area (Å²) in [5.41, 5.74) is 7.18. The number of nitrogen functional groups attached to an aromatic ring is 1. The molecule has 0 bridgehead atoms. The van der Waals surface area contributed by atoms with E-state index in [1.807, 2.05) is 20.0 Å². The van der Waals surface area contributed by atoms with Crippen molar-refractivity contribution in [3.05, 3.63) is 35.5 Å². The van der Waals surface area contributed by atoms with Crippen molar-refractivity contribution in [3.63, 3.8) is 0 Å². The molecule has 6 heteroatoms. The van der Waals surface area contributed by atoms with Crippen molar-refractivity contribution in [1.29, 1.82) is 0 Å². The number of nitrogens with two attached hydrogens (primary N) is 1. The number of nitrogens with zero attached hydrogens (tertiary/aromatic N) is 2. The molecule has 2 rings (SSSR count). The van der Waals surface area contributed by atoms with Crippen LogP contribution in [0.4, 0.5) is 5.69 Å². The molecule has 1 aromatic heterocycles.